The quantitative estimate of drug-likeness (QED) is 0.205. The molecule has 1 amide bonds. The maximum absolute atomic E-state index is 12.6. The highest BCUT2D eigenvalue weighted by atomic mass is 16.6. The van der Waals surface area contributed by atoms with Gasteiger partial charge < -0.3 is 19.5 Å². The summed E-state index contributed by atoms with van der Waals surface area (Å²) in [6, 6.07) is 12.4. The summed E-state index contributed by atoms with van der Waals surface area (Å²) in [6.45, 7) is 6.09. The number of carbonyl (C=O) groups excluding carboxylic acids is 2. The van der Waals surface area contributed by atoms with E-state index in [1.165, 1.54) is 18.2 Å². The summed E-state index contributed by atoms with van der Waals surface area (Å²) >= 11 is 0. The van der Waals surface area contributed by atoms with E-state index in [9.17, 15) is 19.7 Å². The fourth-order valence-corrected chi connectivity index (χ4v) is 3.19. The first-order valence-electron chi connectivity index (χ1n) is 10.9. The summed E-state index contributed by atoms with van der Waals surface area (Å²) in [7, 11) is 0. The number of para-hydroxylation sites is 3. The van der Waals surface area contributed by atoms with E-state index in [0.717, 1.165) is 0 Å². The minimum absolute atomic E-state index is 0.118. The molecule has 0 aromatic heterocycles. The highest BCUT2D eigenvalue weighted by molar-refractivity contribution is 5.78. The lowest BCUT2D eigenvalue weighted by Crippen LogP contribution is -2.31. The highest BCUT2D eigenvalue weighted by Gasteiger charge is 2.26. The summed E-state index contributed by atoms with van der Waals surface area (Å²) in [4.78, 5) is 35.7. The average Bonchev–Trinajstić information content (AvgIpc) is 2.77. The van der Waals surface area contributed by atoms with Crippen LogP contribution >= 0.6 is 0 Å². The normalized spacial score (nSPS) is 11.5. The number of amides is 1. The molecule has 0 radical (unpaired) electrons. The van der Waals surface area contributed by atoms with Crippen LogP contribution in [0.5, 0.6) is 11.5 Å². The van der Waals surface area contributed by atoms with E-state index in [-0.39, 0.29) is 42.7 Å². The Balaban J connectivity index is 2.00. The number of hydrogen-bond acceptors (Lipinski definition) is 7. The standard InChI is InChI=1S/C24H30N2O7/c1-4-31-21-12-7-8-13-22(21)32-15-9-14-23(27)25-19(16-24(28)33-17(2)3)18-10-5-6-11-20(18)26(29)30/h5-8,10-13,17,19H,4,9,14-16H2,1-3H3,(H,25,27). The van der Waals surface area contributed by atoms with Crippen molar-refractivity contribution in [2.45, 2.75) is 52.2 Å². The number of nitro benzene ring substituents is 1. The minimum atomic E-state index is -0.884. The molecule has 0 saturated carbocycles. The second-order valence-electron chi connectivity index (χ2n) is 7.51. The summed E-state index contributed by atoms with van der Waals surface area (Å²) in [5.41, 5.74) is 0.0782. The number of nitro groups is 1. The average molecular weight is 459 g/mol. The van der Waals surface area contributed by atoms with Crippen molar-refractivity contribution in [1.29, 1.82) is 0 Å². The van der Waals surface area contributed by atoms with Crippen LogP contribution in [-0.2, 0) is 14.3 Å². The van der Waals surface area contributed by atoms with Crippen molar-refractivity contribution >= 4 is 17.6 Å². The van der Waals surface area contributed by atoms with Crippen LogP contribution in [0.2, 0.25) is 0 Å². The van der Waals surface area contributed by atoms with Gasteiger partial charge in [-0.2, -0.15) is 0 Å². The number of esters is 1. The van der Waals surface area contributed by atoms with Gasteiger partial charge >= 0.3 is 5.97 Å². The fraction of sp³-hybridized carbons (Fsp3) is 0.417. The Kier molecular flexibility index (Phi) is 10.1. The van der Waals surface area contributed by atoms with Crippen LogP contribution in [0.25, 0.3) is 0 Å². The SMILES string of the molecule is CCOc1ccccc1OCCCC(=O)NC(CC(=O)OC(C)C)c1ccccc1[N+](=O)[O-]. The number of ether oxygens (including phenoxy) is 3. The van der Waals surface area contributed by atoms with Gasteiger partial charge in [0.15, 0.2) is 11.5 Å². The van der Waals surface area contributed by atoms with Crippen molar-refractivity contribution < 1.29 is 28.7 Å². The molecule has 0 aliphatic carbocycles. The second-order valence-corrected chi connectivity index (χ2v) is 7.51. The third-order valence-electron chi connectivity index (χ3n) is 4.54. The monoisotopic (exact) mass is 458 g/mol. The highest BCUT2D eigenvalue weighted by Crippen LogP contribution is 2.28. The molecule has 0 fully saturated rings. The molecule has 0 spiro atoms. The number of hydrogen-bond donors (Lipinski definition) is 1. The van der Waals surface area contributed by atoms with Crippen molar-refractivity contribution in [3.8, 4) is 11.5 Å². The number of benzene rings is 2. The molecule has 1 unspecified atom stereocenters. The lowest BCUT2D eigenvalue weighted by atomic mass is 10.0. The van der Waals surface area contributed by atoms with Crippen LogP contribution in [0, 0.1) is 10.1 Å². The third-order valence-corrected chi connectivity index (χ3v) is 4.54. The zero-order valence-corrected chi connectivity index (χ0v) is 19.1. The summed E-state index contributed by atoms with van der Waals surface area (Å²) in [5, 5.41) is 14.2. The van der Waals surface area contributed by atoms with Gasteiger partial charge in [-0.05, 0) is 39.3 Å². The van der Waals surface area contributed by atoms with E-state index in [0.29, 0.717) is 24.5 Å². The van der Waals surface area contributed by atoms with Gasteiger partial charge in [0, 0.05) is 12.5 Å². The molecule has 2 aromatic carbocycles. The Hall–Kier alpha value is -3.62. The van der Waals surface area contributed by atoms with Crippen molar-refractivity contribution in [3.63, 3.8) is 0 Å². The molecule has 9 nitrogen and oxygen atoms in total. The van der Waals surface area contributed by atoms with Gasteiger partial charge in [0.2, 0.25) is 5.91 Å². The lowest BCUT2D eigenvalue weighted by molar-refractivity contribution is -0.385. The first kappa shape index (κ1) is 25.6. The van der Waals surface area contributed by atoms with E-state index in [1.807, 2.05) is 19.1 Å². The number of rotatable bonds is 13. The van der Waals surface area contributed by atoms with Gasteiger partial charge in [0.25, 0.3) is 5.69 Å². The van der Waals surface area contributed by atoms with Crippen LogP contribution in [0.15, 0.2) is 48.5 Å². The molecule has 0 aliphatic rings. The van der Waals surface area contributed by atoms with Crippen molar-refractivity contribution in [3.05, 3.63) is 64.2 Å². The van der Waals surface area contributed by atoms with Gasteiger partial charge in [-0.25, -0.2) is 0 Å². The lowest BCUT2D eigenvalue weighted by Gasteiger charge is -2.19. The van der Waals surface area contributed by atoms with Crippen molar-refractivity contribution in [2.24, 2.45) is 0 Å². The van der Waals surface area contributed by atoms with Crippen LogP contribution in [0.4, 0.5) is 5.69 Å². The van der Waals surface area contributed by atoms with Crippen LogP contribution in [-0.4, -0.2) is 36.1 Å². The molecule has 33 heavy (non-hydrogen) atoms. The van der Waals surface area contributed by atoms with Crippen molar-refractivity contribution in [2.75, 3.05) is 13.2 Å². The van der Waals surface area contributed by atoms with E-state index >= 15 is 0 Å². The predicted octanol–water partition coefficient (Wildman–Crippen LogP) is 4.35. The zero-order valence-electron chi connectivity index (χ0n) is 19.1. The Labute approximate surface area is 193 Å². The Morgan fingerprint density at radius 3 is 2.30 bits per heavy atom. The van der Waals surface area contributed by atoms with Gasteiger partial charge in [-0.1, -0.05) is 30.3 Å². The summed E-state index contributed by atoms with van der Waals surface area (Å²) < 4.78 is 16.4. The van der Waals surface area contributed by atoms with Gasteiger partial charge in [-0.3, -0.25) is 19.7 Å². The molecule has 0 bridgehead atoms. The molecule has 0 heterocycles. The first-order chi connectivity index (χ1) is 15.8. The Morgan fingerprint density at radius 2 is 1.67 bits per heavy atom. The van der Waals surface area contributed by atoms with E-state index in [1.54, 1.807) is 32.0 Å². The van der Waals surface area contributed by atoms with Gasteiger partial charge in [0.05, 0.1) is 42.3 Å². The molecule has 2 rings (SSSR count). The van der Waals surface area contributed by atoms with Gasteiger partial charge in [0.1, 0.15) is 0 Å². The molecular formula is C24H30N2O7. The molecule has 0 aliphatic heterocycles. The zero-order chi connectivity index (χ0) is 24.2. The minimum Gasteiger partial charge on any atom is -0.490 e. The van der Waals surface area contributed by atoms with E-state index < -0.39 is 16.9 Å². The topological polar surface area (TPSA) is 117 Å². The Bertz CT molecular complexity index is 946. The van der Waals surface area contributed by atoms with Crippen LogP contribution in [0.3, 0.4) is 0 Å². The molecule has 2 aromatic rings. The molecule has 178 valence electrons. The third kappa shape index (κ3) is 8.44. The van der Waals surface area contributed by atoms with E-state index in [2.05, 4.69) is 5.32 Å². The van der Waals surface area contributed by atoms with Crippen LogP contribution < -0.4 is 14.8 Å². The fourth-order valence-electron chi connectivity index (χ4n) is 3.19. The summed E-state index contributed by atoms with van der Waals surface area (Å²) in [5.74, 6) is 0.319. The second kappa shape index (κ2) is 13.0. The maximum Gasteiger partial charge on any atom is 0.308 e. The van der Waals surface area contributed by atoms with Gasteiger partial charge in [-0.15, -0.1) is 0 Å². The molecule has 0 saturated heterocycles. The van der Waals surface area contributed by atoms with Crippen LogP contribution in [0.1, 0.15) is 51.6 Å². The molecule has 1 N–H and O–H groups in total. The predicted molar refractivity (Wildman–Crippen MR) is 122 cm³/mol. The molecule has 9 heteroatoms. The molecular weight excluding hydrogens is 428 g/mol. The smallest absolute Gasteiger partial charge is 0.308 e. The number of nitrogens with one attached hydrogen (secondary N) is 1. The largest absolute Gasteiger partial charge is 0.490 e. The first-order valence-corrected chi connectivity index (χ1v) is 10.9. The molecule has 1 atom stereocenters. The van der Waals surface area contributed by atoms with E-state index in [4.69, 9.17) is 14.2 Å². The summed E-state index contributed by atoms with van der Waals surface area (Å²) in [6.07, 6.45) is -0.0247. The maximum atomic E-state index is 12.6. The number of nitrogens with zero attached hydrogens (tertiary/aromatic N) is 1. The Morgan fingerprint density at radius 1 is 1.03 bits per heavy atom. The number of carbonyl (C=O) groups is 2. The van der Waals surface area contributed by atoms with Crippen molar-refractivity contribution in [1.82, 2.24) is 5.32 Å².